The van der Waals surface area contributed by atoms with Gasteiger partial charge in [-0.15, -0.1) is 0 Å². The Morgan fingerprint density at radius 3 is 2.17 bits per heavy atom. The van der Waals surface area contributed by atoms with E-state index < -0.39 is 0 Å². The van der Waals surface area contributed by atoms with Crippen molar-refractivity contribution < 1.29 is 14.3 Å². The average Bonchev–Trinajstić information content (AvgIpc) is 2.93. The molecule has 6 nitrogen and oxygen atoms in total. The van der Waals surface area contributed by atoms with E-state index in [1.807, 2.05) is 78.9 Å². The van der Waals surface area contributed by atoms with Crippen LogP contribution >= 0.6 is 0 Å². The third kappa shape index (κ3) is 6.36. The minimum Gasteiger partial charge on any atom is -0.493 e. The fourth-order valence-electron chi connectivity index (χ4n) is 3.92. The van der Waals surface area contributed by atoms with Crippen molar-refractivity contribution in [3.63, 3.8) is 0 Å². The zero-order chi connectivity index (χ0) is 25.3. The van der Waals surface area contributed by atoms with E-state index in [2.05, 4.69) is 22.8 Å². The van der Waals surface area contributed by atoms with Gasteiger partial charge in [-0.1, -0.05) is 48.5 Å². The number of carbonyl (C=O) groups excluding carboxylic acids is 1. The molecule has 4 N–H and O–H groups in total. The Kier molecular flexibility index (Phi) is 8.08. The first-order chi connectivity index (χ1) is 17.6. The summed E-state index contributed by atoms with van der Waals surface area (Å²) in [5.74, 6) is 1.15. The molecule has 0 unspecified atom stereocenters. The average molecular weight is 482 g/mol. The smallest absolute Gasteiger partial charge is 0.255 e. The molecule has 0 saturated heterocycles. The highest BCUT2D eigenvalue weighted by Gasteiger charge is 2.10. The standard InChI is InChI=1S/C30H31N3O3/c1-35-28-17-15-25(19-29(28)36-2)32-20-23-10-13-24(14-11-23)30(34)33-27-18-22(12-16-26(27)31)9-8-21-6-4-3-5-7-21/h3-7,10-19,32H,8-9,20,31H2,1-2H3,(H,33,34). The zero-order valence-corrected chi connectivity index (χ0v) is 20.6. The van der Waals surface area contributed by atoms with Gasteiger partial charge in [0.15, 0.2) is 11.5 Å². The predicted molar refractivity (Wildman–Crippen MR) is 146 cm³/mol. The van der Waals surface area contributed by atoms with E-state index in [1.165, 1.54) is 5.56 Å². The highest BCUT2D eigenvalue weighted by Crippen LogP contribution is 2.30. The Hall–Kier alpha value is -4.45. The van der Waals surface area contributed by atoms with Crippen LogP contribution in [0.4, 0.5) is 17.1 Å². The van der Waals surface area contributed by atoms with E-state index in [0.717, 1.165) is 29.7 Å². The summed E-state index contributed by atoms with van der Waals surface area (Å²) in [4.78, 5) is 12.9. The van der Waals surface area contributed by atoms with E-state index in [1.54, 1.807) is 14.2 Å². The largest absolute Gasteiger partial charge is 0.493 e. The molecule has 0 saturated carbocycles. The maximum atomic E-state index is 12.9. The number of hydrogen-bond donors (Lipinski definition) is 3. The lowest BCUT2D eigenvalue weighted by atomic mass is 10.0. The van der Waals surface area contributed by atoms with Crippen molar-refractivity contribution in [1.82, 2.24) is 0 Å². The second kappa shape index (κ2) is 11.8. The highest BCUT2D eigenvalue weighted by molar-refractivity contribution is 6.05. The number of methoxy groups -OCH3 is 2. The number of ether oxygens (including phenoxy) is 2. The van der Waals surface area contributed by atoms with Crippen molar-refractivity contribution in [2.24, 2.45) is 0 Å². The second-order valence-electron chi connectivity index (χ2n) is 8.48. The lowest BCUT2D eigenvalue weighted by molar-refractivity contribution is 0.102. The summed E-state index contributed by atoms with van der Waals surface area (Å²) in [5.41, 5.74) is 12.2. The molecule has 4 aromatic rings. The molecule has 6 heteroatoms. The number of rotatable bonds is 10. The van der Waals surface area contributed by atoms with Crippen LogP contribution in [0.1, 0.15) is 27.0 Å². The predicted octanol–water partition coefficient (Wildman–Crippen LogP) is 5.94. The molecule has 0 aromatic heterocycles. The fourth-order valence-corrected chi connectivity index (χ4v) is 3.92. The summed E-state index contributed by atoms with van der Waals surface area (Å²) in [6, 6.07) is 29.3. The topological polar surface area (TPSA) is 85.6 Å². The molecule has 0 fully saturated rings. The van der Waals surface area contributed by atoms with E-state index in [0.29, 0.717) is 35.0 Å². The number of nitrogen functional groups attached to an aromatic ring is 1. The van der Waals surface area contributed by atoms with Gasteiger partial charge in [-0.2, -0.15) is 0 Å². The third-order valence-corrected chi connectivity index (χ3v) is 6.01. The number of carbonyl (C=O) groups is 1. The van der Waals surface area contributed by atoms with Crippen LogP contribution in [0.25, 0.3) is 0 Å². The van der Waals surface area contributed by atoms with Gasteiger partial charge in [0.2, 0.25) is 0 Å². The Morgan fingerprint density at radius 1 is 0.750 bits per heavy atom. The number of amides is 1. The molecule has 0 aliphatic rings. The van der Waals surface area contributed by atoms with Crippen molar-refractivity contribution in [3.8, 4) is 11.5 Å². The van der Waals surface area contributed by atoms with Crippen LogP contribution in [0.2, 0.25) is 0 Å². The molecule has 0 aliphatic heterocycles. The van der Waals surface area contributed by atoms with Gasteiger partial charge < -0.3 is 25.8 Å². The van der Waals surface area contributed by atoms with Crippen LogP contribution in [0.15, 0.2) is 91.0 Å². The van der Waals surface area contributed by atoms with Gasteiger partial charge in [-0.3, -0.25) is 4.79 Å². The number of aryl methyl sites for hydroxylation is 2. The molecule has 0 spiro atoms. The zero-order valence-electron chi connectivity index (χ0n) is 20.6. The summed E-state index contributed by atoms with van der Waals surface area (Å²) in [7, 11) is 3.22. The first kappa shape index (κ1) is 24.7. The quantitative estimate of drug-likeness (QED) is 0.244. The van der Waals surface area contributed by atoms with Gasteiger partial charge >= 0.3 is 0 Å². The lowest BCUT2D eigenvalue weighted by Crippen LogP contribution is -2.13. The number of nitrogens with one attached hydrogen (secondary N) is 2. The SMILES string of the molecule is COc1ccc(NCc2ccc(C(=O)Nc3cc(CCc4ccccc4)ccc3N)cc2)cc1OC. The van der Waals surface area contributed by atoms with Crippen molar-refractivity contribution >= 4 is 23.0 Å². The molecule has 0 aliphatic carbocycles. The van der Waals surface area contributed by atoms with Crippen LogP contribution in [-0.2, 0) is 19.4 Å². The molecule has 184 valence electrons. The molecule has 0 radical (unpaired) electrons. The molecule has 0 heterocycles. The van der Waals surface area contributed by atoms with Gasteiger partial charge in [0.1, 0.15) is 0 Å². The fraction of sp³-hybridized carbons (Fsp3) is 0.167. The van der Waals surface area contributed by atoms with Crippen LogP contribution in [0.3, 0.4) is 0 Å². The molecule has 0 atom stereocenters. The van der Waals surface area contributed by atoms with E-state index in [9.17, 15) is 4.79 Å². The van der Waals surface area contributed by atoms with Gasteiger partial charge in [-0.05, 0) is 65.9 Å². The van der Waals surface area contributed by atoms with E-state index >= 15 is 0 Å². The molecular weight excluding hydrogens is 450 g/mol. The summed E-state index contributed by atoms with van der Waals surface area (Å²) >= 11 is 0. The highest BCUT2D eigenvalue weighted by atomic mass is 16.5. The van der Waals surface area contributed by atoms with Gasteiger partial charge in [0, 0.05) is 23.9 Å². The molecule has 36 heavy (non-hydrogen) atoms. The second-order valence-corrected chi connectivity index (χ2v) is 8.48. The third-order valence-electron chi connectivity index (χ3n) is 6.01. The summed E-state index contributed by atoms with van der Waals surface area (Å²) in [6.45, 7) is 0.605. The number of anilines is 3. The summed E-state index contributed by atoms with van der Waals surface area (Å²) in [6.07, 6.45) is 1.80. The Balaban J connectivity index is 1.35. The number of benzene rings is 4. The monoisotopic (exact) mass is 481 g/mol. The maximum Gasteiger partial charge on any atom is 0.255 e. The molecule has 1 amide bonds. The van der Waals surface area contributed by atoms with Crippen LogP contribution in [0, 0.1) is 0 Å². The molecule has 4 rings (SSSR count). The Labute approximate surface area is 212 Å². The van der Waals surface area contributed by atoms with E-state index in [-0.39, 0.29) is 5.91 Å². The van der Waals surface area contributed by atoms with Crippen LogP contribution in [0.5, 0.6) is 11.5 Å². The molecule has 4 aromatic carbocycles. The van der Waals surface area contributed by atoms with Crippen molar-refractivity contribution in [2.45, 2.75) is 19.4 Å². The number of hydrogen-bond acceptors (Lipinski definition) is 5. The Bertz CT molecular complexity index is 1310. The van der Waals surface area contributed by atoms with Crippen LogP contribution in [-0.4, -0.2) is 20.1 Å². The number of nitrogens with two attached hydrogens (primary N) is 1. The van der Waals surface area contributed by atoms with Crippen molar-refractivity contribution in [3.05, 3.63) is 113 Å². The van der Waals surface area contributed by atoms with Crippen molar-refractivity contribution in [1.29, 1.82) is 0 Å². The lowest BCUT2D eigenvalue weighted by Gasteiger charge is -2.12. The molecule has 0 bridgehead atoms. The first-order valence-corrected chi connectivity index (χ1v) is 11.8. The molecular formula is C30H31N3O3. The van der Waals surface area contributed by atoms with E-state index in [4.69, 9.17) is 15.2 Å². The minimum atomic E-state index is -0.193. The van der Waals surface area contributed by atoms with Crippen molar-refractivity contribution in [2.75, 3.05) is 30.6 Å². The summed E-state index contributed by atoms with van der Waals surface area (Å²) < 4.78 is 10.6. The van der Waals surface area contributed by atoms with Gasteiger partial charge in [0.25, 0.3) is 5.91 Å². The maximum absolute atomic E-state index is 12.9. The van der Waals surface area contributed by atoms with Gasteiger partial charge in [-0.25, -0.2) is 0 Å². The minimum absolute atomic E-state index is 0.193. The van der Waals surface area contributed by atoms with Gasteiger partial charge in [0.05, 0.1) is 25.6 Å². The normalized spacial score (nSPS) is 10.5. The summed E-state index contributed by atoms with van der Waals surface area (Å²) in [5, 5.41) is 6.32. The van der Waals surface area contributed by atoms with Crippen LogP contribution < -0.4 is 25.8 Å². The Morgan fingerprint density at radius 2 is 1.44 bits per heavy atom. The first-order valence-electron chi connectivity index (χ1n) is 11.8.